The van der Waals surface area contributed by atoms with E-state index in [-0.39, 0.29) is 24.7 Å². The number of carbonyl (C=O) groups is 3. The van der Waals surface area contributed by atoms with Crippen molar-refractivity contribution in [2.75, 3.05) is 13.2 Å². The van der Waals surface area contributed by atoms with Gasteiger partial charge < -0.3 is 14.5 Å². The number of fused-ring (bicyclic) bond motifs is 1. The molecule has 7 heteroatoms. The molecule has 0 unspecified atom stereocenters. The number of esters is 2. The van der Waals surface area contributed by atoms with Crippen LogP contribution in [0, 0.1) is 13.8 Å². The highest BCUT2D eigenvalue weighted by molar-refractivity contribution is 7.14. The Labute approximate surface area is 155 Å². The second kappa shape index (κ2) is 7.45. The molecule has 138 valence electrons. The summed E-state index contributed by atoms with van der Waals surface area (Å²) in [6, 6.07) is 1.86. The molecule has 0 fully saturated rings. The molecule has 26 heavy (non-hydrogen) atoms. The van der Waals surface area contributed by atoms with Crippen molar-refractivity contribution in [2.24, 2.45) is 0 Å². The van der Waals surface area contributed by atoms with Crippen molar-refractivity contribution < 1.29 is 23.9 Å². The first kappa shape index (κ1) is 18.4. The first-order valence-corrected chi connectivity index (χ1v) is 9.42. The SMILES string of the molecule is CCOC(=O)c1c(C)[nH]c(C(=O)COC(=O)c2cc3c(s2)CCC3)c1C. The Morgan fingerprint density at radius 1 is 1.15 bits per heavy atom. The molecule has 2 aromatic heterocycles. The van der Waals surface area contributed by atoms with Crippen molar-refractivity contribution in [1.29, 1.82) is 0 Å². The van der Waals surface area contributed by atoms with Gasteiger partial charge >= 0.3 is 11.9 Å². The van der Waals surface area contributed by atoms with Crippen molar-refractivity contribution >= 4 is 29.1 Å². The second-order valence-electron chi connectivity index (χ2n) is 6.26. The number of Topliss-reactive ketones (excluding diaryl/α,β-unsaturated/α-hetero) is 1. The van der Waals surface area contributed by atoms with Crippen molar-refractivity contribution in [3.8, 4) is 0 Å². The Morgan fingerprint density at radius 3 is 2.62 bits per heavy atom. The first-order chi connectivity index (χ1) is 12.4. The molecule has 6 nitrogen and oxygen atoms in total. The minimum absolute atomic E-state index is 0.259. The molecule has 2 aromatic rings. The van der Waals surface area contributed by atoms with Crippen molar-refractivity contribution in [2.45, 2.75) is 40.0 Å². The number of thiophene rings is 1. The number of carbonyl (C=O) groups excluding carboxylic acids is 3. The highest BCUT2D eigenvalue weighted by Crippen LogP contribution is 2.31. The summed E-state index contributed by atoms with van der Waals surface area (Å²) in [6.07, 6.45) is 3.13. The number of ether oxygens (including phenoxy) is 2. The minimum atomic E-state index is -0.482. The zero-order valence-electron chi connectivity index (χ0n) is 15.1. The van der Waals surface area contributed by atoms with Crippen molar-refractivity contribution in [1.82, 2.24) is 4.98 Å². The van der Waals surface area contributed by atoms with Crippen LogP contribution in [0.15, 0.2) is 6.07 Å². The predicted octanol–water partition coefficient (Wildman–Crippen LogP) is 3.40. The molecule has 0 aliphatic heterocycles. The van der Waals surface area contributed by atoms with E-state index < -0.39 is 11.9 Å². The summed E-state index contributed by atoms with van der Waals surface area (Å²) >= 11 is 1.44. The summed E-state index contributed by atoms with van der Waals surface area (Å²) in [5, 5.41) is 0. The lowest BCUT2D eigenvalue weighted by molar-refractivity contribution is 0.0477. The van der Waals surface area contributed by atoms with E-state index in [1.807, 2.05) is 6.07 Å². The van der Waals surface area contributed by atoms with Gasteiger partial charge in [-0.25, -0.2) is 9.59 Å². The monoisotopic (exact) mass is 375 g/mol. The third-order valence-electron chi connectivity index (χ3n) is 4.48. The summed E-state index contributed by atoms with van der Waals surface area (Å²) in [5.74, 6) is -1.33. The van der Waals surface area contributed by atoms with E-state index in [0.717, 1.165) is 19.3 Å². The average Bonchev–Trinajstić information content (AvgIpc) is 3.26. The molecule has 1 aliphatic rings. The number of H-pyrrole nitrogens is 1. The Balaban J connectivity index is 1.67. The summed E-state index contributed by atoms with van der Waals surface area (Å²) in [5.41, 5.74) is 2.91. The number of aryl methyl sites for hydroxylation is 3. The van der Waals surface area contributed by atoms with Gasteiger partial charge in [0.05, 0.1) is 17.9 Å². The van der Waals surface area contributed by atoms with Gasteiger partial charge in [0.2, 0.25) is 5.78 Å². The predicted molar refractivity (Wildman–Crippen MR) is 97.2 cm³/mol. The Kier molecular flexibility index (Phi) is 5.27. The number of aromatic amines is 1. The van der Waals surface area contributed by atoms with Gasteiger partial charge in [-0.2, -0.15) is 0 Å². The van der Waals surface area contributed by atoms with Crippen molar-refractivity contribution in [3.05, 3.63) is 43.9 Å². The maximum absolute atomic E-state index is 12.4. The second-order valence-corrected chi connectivity index (χ2v) is 7.39. The van der Waals surface area contributed by atoms with Crippen LogP contribution in [0.1, 0.15) is 65.6 Å². The molecule has 0 radical (unpaired) electrons. The summed E-state index contributed by atoms with van der Waals surface area (Å²) in [7, 11) is 0. The molecule has 0 spiro atoms. The number of nitrogens with one attached hydrogen (secondary N) is 1. The average molecular weight is 375 g/mol. The lowest BCUT2D eigenvalue weighted by Gasteiger charge is -2.04. The molecule has 0 bridgehead atoms. The van der Waals surface area contributed by atoms with Crippen LogP contribution < -0.4 is 0 Å². The quantitative estimate of drug-likeness (QED) is 0.618. The van der Waals surface area contributed by atoms with Gasteiger partial charge in [-0.15, -0.1) is 11.3 Å². The standard InChI is InChI=1S/C19H21NO5S/c1-4-24-19(23)16-10(2)17(20-11(16)3)13(21)9-25-18(22)15-8-12-6-5-7-14(12)26-15/h8,20H,4-7,9H2,1-3H3. The van der Waals surface area contributed by atoms with Gasteiger partial charge in [-0.3, -0.25) is 4.79 Å². The molecule has 2 heterocycles. The van der Waals surface area contributed by atoms with Crippen LogP contribution in [0.3, 0.4) is 0 Å². The largest absolute Gasteiger partial charge is 0.462 e. The summed E-state index contributed by atoms with van der Waals surface area (Å²) < 4.78 is 10.2. The fraction of sp³-hybridized carbons (Fsp3) is 0.421. The van der Waals surface area contributed by atoms with E-state index in [9.17, 15) is 14.4 Å². The highest BCUT2D eigenvalue weighted by atomic mass is 32.1. The maximum atomic E-state index is 12.4. The van der Waals surface area contributed by atoms with E-state index in [4.69, 9.17) is 9.47 Å². The Hall–Kier alpha value is -2.41. The topological polar surface area (TPSA) is 85.5 Å². The molecular formula is C19H21NO5S. The van der Waals surface area contributed by atoms with Gasteiger partial charge in [-0.05, 0) is 57.2 Å². The Bertz CT molecular complexity index is 855. The maximum Gasteiger partial charge on any atom is 0.348 e. The molecule has 1 N–H and O–H groups in total. The number of ketones is 1. The molecular weight excluding hydrogens is 354 g/mol. The number of hydrogen-bond donors (Lipinski definition) is 1. The fourth-order valence-corrected chi connectivity index (χ4v) is 4.39. The fourth-order valence-electron chi connectivity index (χ4n) is 3.24. The smallest absolute Gasteiger partial charge is 0.348 e. The third kappa shape index (κ3) is 3.44. The summed E-state index contributed by atoms with van der Waals surface area (Å²) in [4.78, 5) is 41.3. The minimum Gasteiger partial charge on any atom is -0.462 e. The van der Waals surface area contributed by atoms with Crippen molar-refractivity contribution in [3.63, 3.8) is 0 Å². The van der Waals surface area contributed by atoms with Crippen LogP contribution in [0.5, 0.6) is 0 Å². The normalized spacial score (nSPS) is 12.7. The van der Waals surface area contributed by atoms with Gasteiger partial charge in [0.25, 0.3) is 0 Å². The van der Waals surface area contributed by atoms with Crippen LogP contribution in [0.25, 0.3) is 0 Å². The van der Waals surface area contributed by atoms with E-state index in [1.165, 1.54) is 21.8 Å². The molecule has 0 amide bonds. The van der Waals surface area contributed by atoms with Gasteiger partial charge in [0.15, 0.2) is 6.61 Å². The van der Waals surface area contributed by atoms with E-state index in [0.29, 0.717) is 21.7 Å². The van der Waals surface area contributed by atoms with Crippen LogP contribution in [0.4, 0.5) is 0 Å². The molecule has 3 rings (SSSR count). The number of aromatic nitrogens is 1. The summed E-state index contributed by atoms with van der Waals surface area (Å²) in [6.45, 7) is 4.99. The van der Waals surface area contributed by atoms with Gasteiger partial charge in [0, 0.05) is 10.6 Å². The number of rotatable bonds is 6. The Morgan fingerprint density at radius 2 is 1.92 bits per heavy atom. The first-order valence-electron chi connectivity index (χ1n) is 8.60. The third-order valence-corrected chi connectivity index (χ3v) is 5.70. The van der Waals surface area contributed by atoms with Gasteiger partial charge in [0.1, 0.15) is 4.88 Å². The van der Waals surface area contributed by atoms with Crippen LogP contribution >= 0.6 is 11.3 Å². The molecule has 1 aliphatic carbocycles. The van der Waals surface area contributed by atoms with E-state index in [2.05, 4.69) is 4.98 Å². The van der Waals surface area contributed by atoms with Gasteiger partial charge in [-0.1, -0.05) is 0 Å². The lowest BCUT2D eigenvalue weighted by atomic mass is 10.1. The molecule has 0 atom stereocenters. The number of hydrogen-bond acceptors (Lipinski definition) is 6. The highest BCUT2D eigenvalue weighted by Gasteiger charge is 2.24. The molecule has 0 aromatic carbocycles. The van der Waals surface area contributed by atoms with Crippen LogP contribution in [-0.4, -0.2) is 35.9 Å². The molecule has 0 saturated heterocycles. The van der Waals surface area contributed by atoms with E-state index >= 15 is 0 Å². The molecule has 0 saturated carbocycles. The van der Waals surface area contributed by atoms with Crippen LogP contribution in [0.2, 0.25) is 0 Å². The zero-order chi connectivity index (χ0) is 18.8. The van der Waals surface area contributed by atoms with E-state index in [1.54, 1.807) is 20.8 Å². The lowest BCUT2D eigenvalue weighted by Crippen LogP contribution is -2.15. The van der Waals surface area contributed by atoms with Crippen LogP contribution in [-0.2, 0) is 22.3 Å². The zero-order valence-corrected chi connectivity index (χ0v) is 15.9.